The van der Waals surface area contributed by atoms with Gasteiger partial charge in [-0.15, -0.1) is 0 Å². The zero-order valence-corrected chi connectivity index (χ0v) is 17.1. The molecule has 2 amide bonds. The van der Waals surface area contributed by atoms with Gasteiger partial charge in [0.2, 0.25) is 5.91 Å². The number of carbonyl (C=O) groups excluding carboxylic acids is 2. The summed E-state index contributed by atoms with van der Waals surface area (Å²) in [6, 6.07) is 17.8. The lowest BCUT2D eigenvalue weighted by molar-refractivity contribution is -0.115. The molecule has 0 radical (unpaired) electrons. The third kappa shape index (κ3) is 4.27. The lowest BCUT2D eigenvalue weighted by atomic mass is 10.1. The topological polar surface area (TPSA) is 115 Å². The number of fused-ring (bicyclic) bond motifs is 1. The maximum Gasteiger partial charge on any atom is 0.349 e. The molecule has 0 saturated carbocycles. The lowest BCUT2D eigenvalue weighted by Gasteiger charge is -2.05. The predicted octanol–water partition coefficient (Wildman–Crippen LogP) is 3.75. The molecular weight excluding hydrogens is 422 g/mol. The normalized spacial score (nSPS) is 10.8. The highest BCUT2D eigenvalue weighted by Crippen LogP contribution is 2.37. The minimum Gasteiger partial charge on any atom is -0.422 e. The smallest absolute Gasteiger partial charge is 0.349 e. The van der Waals surface area contributed by atoms with Crippen LogP contribution in [0.25, 0.3) is 22.2 Å². The highest BCUT2D eigenvalue weighted by molar-refractivity contribution is 8.01. The number of hydrogen-bond acceptors (Lipinski definition) is 7. The van der Waals surface area contributed by atoms with Crippen molar-refractivity contribution in [1.29, 1.82) is 0 Å². The number of nitrogens with one attached hydrogen (secondary N) is 1. The molecule has 0 unspecified atom stereocenters. The van der Waals surface area contributed by atoms with Crippen molar-refractivity contribution in [3.05, 3.63) is 76.6 Å². The van der Waals surface area contributed by atoms with Gasteiger partial charge in [0.25, 0.3) is 5.91 Å². The Bertz CT molecular complexity index is 1300. The molecule has 30 heavy (non-hydrogen) atoms. The molecule has 0 bridgehead atoms. The molecule has 0 atom stereocenters. The third-order valence-electron chi connectivity index (χ3n) is 4.11. The summed E-state index contributed by atoms with van der Waals surface area (Å²) in [7, 11) is 0. The van der Waals surface area contributed by atoms with Crippen molar-refractivity contribution in [1.82, 2.24) is 4.98 Å². The first-order valence-corrected chi connectivity index (χ1v) is 10.6. The quantitative estimate of drug-likeness (QED) is 0.351. The lowest BCUT2D eigenvalue weighted by Crippen LogP contribution is -2.20. The molecule has 0 aliphatic carbocycles. The fraction of sp³-hybridized carbons (Fsp3) is 0.0476. The van der Waals surface area contributed by atoms with Gasteiger partial charge in [-0.1, -0.05) is 71.6 Å². The van der Waals surface area contributed by atoms with Crippen LogP contribution < -0.4 is 16.7 Å². The molecule has 150 valence electrons. The zero-order valence-electron chi connectivity index (χ0n) is 15.5. The second-order valence-electron chi connectivity index (χ2n) is 6.22. The van der Waals surface area contributed by atoms with Crippen LogP contribution in [0.15, 0.2) is 74.2 Å². The van der Waals surface area contributed by atoms with E-state index >= 15 is 0 Å². The number of primary amides is 1. The van der Waals surface area contributed by atoms with Crippen molar-refractivity contribution < 1.29 is 14.0 Å². The molecule has 0 aliphatic heterocycles. The Balaban J connectivity index is 1.69. The molecule has 9 heteroatoms. The number of aromatic nitrogens is 1. The fourth-order valence-electron chi connectivity index (χ4n) is 2.76. The van der Waals surface area contributed by atoms with Gasteiger partial charge in [0.15, 0.2) is 4.34 Å². The molecule has 4 rings (SSSR count). The van der Waals surface area contributed by atoms with Crippen LogP contribution in [0.2, 0.25) is 0 Å². The first-order chi connectivity index (χ1) is 14.5. The molecular formula is C21H15N3O4S2. The third-order valence-corrected chi connectivity index (χ3v) is 6.24. The number of rotatable bonds is 6. The summed E-state index contributed by atoms with van der Waals surface area (Å²) in [6.45, 7) is 0. The Morgan fingerprint density at radius 2 is 1.83 bits per heavy atom. The van der Waals surface area contributed by atoms with Gasteiger partial charge < -0.3 is 15.5 Å². The number of nitrogens with zero attached hydrogens (tertiary/aromatic N) is 1. The Morgan fingerprint density at radius 3 is 2.60 bits per heavy atom. The van der Waals surface area contributed by atoms with Crippen LogP contribution in [-0.2, 0) is 4.79 Å². The summed E-state index contributed by atoms with van der Waals surface area (Å²) in [5.74, 6) is -0.985. The van der Waals surface area contributed by atoms with Gasteiger partial charge in [0.05, 0.1) is 5.75 Å². The zero-order chi connectivity index (χ0) is 21.1. The number of nitrogens with two attached hydrogens (primary N) is 1. The van der Waals surface area contributed by atoms with Crippen molar-refractivity contribution in [2.75, 3.05) is 11.1 Å². The average Bonchev–Trinajstić information content (AvgIpc) is 3.15. The Labute approximate surface area is 178 Å². The van der Waals surface area contributed by atoms with E-state index in [-0.39, 0.29) is 11.3 Å². The van der Waals surface area contributed by atoms with E-state index in [1.54, 1.807) is 24.3 Å². The molecule has 2 aromatic heterocycles. The van der Waals surface area contributed by atoms with Crippen molar-refractivity contribution >= 4 is 50.9 Å². The van der Waals surface area contributed by atoms with E-state index < -0.39 is 17.4 Å². The maximum absolute atomic E-state index is 12.9. The van der Waals surface area contributed by atoms with Crippen LogP contribution in [0, 0.1) is 0 Å². The number of amides is 2. The van der Waals surface area contributed by atoms with Gasteiger partial charge in [0.1, 0.15) is 21.8 Å². The molecule has 0 saturated heterocycles. The van der Waals surface area contributed by atoms with Gasteiger partial charge >= 0.3 is 5.63 Å². The Morgan fingerprint density at radius 1 is 1.10 bits per heavy atom. The molecule has 7 nitrogen and oxygen atoms in total. The van der Waals surface area contributed by atoms with E-state index in [1.165, 1.54) is 29.2 Å². The SMILES string of the molecule is NC(=O)CSc1nc(-c2ccccc2)c(NC(=O)c2cc3ccccc3oc2=O)s1. The summed E-state index contributed by atoms with van der Waals surface area (Å²) in [4.78, 5) is 40.8. The van der Waals surface area contributed by atoms with E-state index in [0.717, 1.165) is 5.56 Å². The van der Waals surface area contributed by atoms with Crippen LogP contribution in [0.3, 0.4) is 0 Å². The van der Waals surface area contributed by atoms with Gasteiger partial charge in [-0.3, -0.25) is 9.59 Å². The molecule has 4 aromatic rings. The average molecular weight is 438 g/mol. The summed E-state index contributed by atoms with van der Waals surface area (Å²) >= 11 is 2.40. The molecule has 3 N–H and O–H groups in total. The van der Waals surface area contributed by atoms with Crippen LogP contribution in [0.1, 0.15) is 10.4 Å². The number of thioether (sulfide) groups is 1. The molecule has 0 fully saturated rings. The van der Waals surface area contributed by atoms with E-state index in [0.29, 0.717) is 26.0 Å². The Hall–Kier alpha value is -3.43. The first kappa shape index (κ1) is 19.9. The van der Waals surface area contributed by atoms with Crippen LogP contribution in [0.4, 0.5) is 5.00 Å². The van der Waals surface area contributed by atoms with Gasteiger partial charge in [-0.05, 0) is 12.1 Å². The fourth-order valence-corrected chi connectivity index (χ4v) is 4.56. The highest BCUT2D eigenvalue weighted by Gasteiger charge is 2.20. The van der Waals surface area contributed by atoms with Crippen LogP contribution >= 0.6 is 23.1 Å². The van der Waals surface area contributed by atoms with Crippen molar-refractivity contribution in [3.63, 3.8) is 0 Å². The van der Waals surface area contributed by atoms with Crippen LogP contribution in [0.5, 0.6) is 0 Å². The van der Waals surface area contributed by atoms with Crippen LogP contribution in [-0.4, -0.2) is 22.6 Å². The van der Waals surface area contributed by atoms with Gasteiger partial charge in [0, 0.05) is 10.9 Å². The second-order valence-corrected chi connectivity index (χ2v) is 8.44. The van der Waals surface area contributed by atoms with E-state index in [9.17, 15) is 14.4 Å². The number of para-hydroxylation sites is 1. The summed E-state index contributed by atoms with van der Waals surface area (Å²) in [5, 5.41) is 3.88. The monoisotopic (exact) mass is 437 g/mol. The number of benzene rings is 2. The summed E-state index contributed by atoms with van der Waals surface area (Å²) < 4.78 is 5.83. The Kier molecular flexibility index (Phi) is 5.64. The van der Waals surface area contributed by atoms with E-state index in [1.807, 2.05) is 30.3 Å². The minimum absolute atomic E-state index is 0.0728. The van der Waals surface area contributed by atoms with Crippen molar-refractivity contribution in [2.45, 2.75) is 4.34 Å². The first-order valence-electron chi connectivity index (χ1n) is 8.83. The molecule has 0 spiro atoms. The maximum atomic E-state index is 12.9. The van der Waals surface area contributed by atoms with E-state index in [4.69, 9.17) is 10.2 Å². The predicted molar refractivity (Wildman–Crippen MR) is 118 cm³/mol. The van der Waals surface area contributed by atoms with Gasteiger partial charge in [-0.25, -0.2) is 9.78 Å². The number of carbonyl (C=O) groups is 2. The van der Waals surface area contributed by atoms with E-state index in [2.05, 4.69) is 10.3 Å². The highest BCUT2D eigenvalue weighted by atomic mass is 32.2. The summed E-state index contributed by atoms with van der Waals surface area (Å²) in [5.41, 5.74) is 6.14. The molecule has 0 aliphatic rings. The van der Waals surface area contributed by atoms with Gasteiger partial charge in [-0.2, -0.15) is 0 Å². The van der Waals surface area contributed by atoms with Crippen molar-refractivity contribution in [2.24, 2.45) is 5.73 Å². The largest absolute Gasteiger partial charge is 0.422 e. The van der Waals surface area contributed by atoms with Crippen molar-refractivity contribution in [3.8, 4) is 11.3 Å². The number of anilines is 1. The number of hydrogen-bond donors (Lipinski definition) is 2. The molecule has 2 heterocycles. The minimum atomic E-state index is -0.722. The standard InChI is InChI=1S/C21H15N3O4S2/c22-16(25)11-29-21-23-17(12-6-2-1-3-7-12)19(30-21)24-18(26)14-10-13-8-4-5-9-15(13)28-20(14)27/h1-10H,11H2,(H2,22,25)(H,24,26). The summed E-state index contributed by atoms with van der Waals surface area (Å²) in [6.07, 6.45) is 0. The number of thiazole rings is 1. The molecule has 2 aromatic carbocycles. The second kappa shape index (κ2) is 8.52.